The zero-order valence-corrected chi connectivity index (χ0v) is 7.21. The molecule has 1 saturated heterocycles. The maximum absolute atomic E-state index is 4.23. The van der Waals surface area contributed by atoms with Crippen LogP contribution in [0.25, 0.3) is 0 Å². The van der Waals surface area contributed by atoms with Gasteiger partial charge in [0.15, 0.2) is 0 Å². The summed E-state index contributed by atoms with van der Waals surface area (Å²) in [5.41, 5.74) is 0. The number of likely N-dealkylation sites (tertiary alicyclic amines) is 1. The monoisotopic (exact) mass is 152 g/mol. The molecule has 0 atom stereocenters. The smallest absolute Gasteiger partial charge is 0.104 e. The maximum atomic E-state index is 4.23. The number of aliphatic imine (C=N–C) groups is 1. The molecule has 0 aliphatic carbocycles. The fraction of sp³-hybridized carbons (Fsp3) is 0.667. The minimum Gasteiger partial charge on any atom is -0.360 e. The van der Waals surface area contributed by atoms with Crippen LogP contribution in [0.3, 0.4) is 0 Å². The third-order valence-corrected chi connectivity index (χ3v) is 2.03. The zero-order chi connectivity index (χ0) is 8.10. The fourth-order valence-electron chi connectivity index (χ4n) is 1.48. The Bertz CT molecular complexity index is 155. The molecule has 1 rings (SSSR count). The Morgan fingerprint density at radius 2 is 2.18 bits per heavy atom. The highest BCUT2D eigenvalue weighted by molar-refractivity contribution is 5.82. The molecular formula is C9H16N2. The van der Waals surface area contributed by atoms with E-state index in [1.807, 2.05) is 0 Å². The lowest BCUT2D eigenvalue weighted by molar-refractivity contribution is 0.509. The van der Waals surface area contributed by atoms with E-state index < -0.39 is 0 Å². The van der Waals surface area contributed by atoms with Gasteiger partial charge in [0.1, 0.15) is 5.84 Å². The van der Waals surface area contributed by atoms with Crippen LogP contribution in [-0.2, 0) is 0 Å². The second-order valence-corrected chi connectivity index (χ2v) is 2.78. The van der Waals surface area contributed by atoms with Crippen molar-refractivity contribution >= 4 is 5.84 Å². The second-order valence-electron chi connectivity index (χ2n) is 2.78. The standard InChI is InChI=1S/C9H16N2/c1-3-9(10-4-2)11-7-5-6-8-11/h4H,2-3,5-8H2,1H3/b10-9+. The first-order valence-electron chi connectivity index (χ1n) is 4.31. The molecule has 62 valence electrons. The highest BCUT2D eigenvalue weighted by Gasteiger charge is 2.13. The summed E-state index contributed by atoms with van der Waals surface area (Å²) in [4.78, 5) is 6.58. The average molecular weight is 152 g/mol. The molecule has 0 unspecified atom stereocenters. The van der Waals surface area contributed by atoms with Crippen LogP contribution in [0.5, 0.6) is 0 Å². The van der Waals surface area contributed by atoms with Crippen molar-refractivity contribution in [1.82, 2.24) is 4.90 Å². The summed E-state index contributed by atoms with van der Waals surface area (Å²) in [5.74, 6) is 1.19. The number of amidine groups is 1. The first-order chi connectivity index (χ1) is 5.38. The van der Waals surface area contributed by atoms with Gasteiger partial charge in [0.05, 0.1) is 0 Å². The minimum absolute atomic E-state index is 1.02. The van der Waals surface area contributed by atoms with Crippen molar-refractivity contribution < 1.29 is 0 Å². The zero-order valence-electron chi connectivity index (χ0n) is 7.21. The van der Waals surface area contributed by atoms with Gasteiger partial charge in [-0.25, -0.2) is 4.99 Å². The Labute approximate surface area is 68.6 Å². The molecule has 1 aliphatic heterocycles. The van der Waals surface area contributed by atoms with E-state index in [0.717, 1.165) is 6.42 Å². The molecular weight excluding hydrogens is 136 g/mol. The van der Waals surface area contributed by atoms with Crippen LogP contribution in [0.2, 0.25) is 0 Å². The Hall–Kier alpha value is -0.790. The lowest BCUT2D eigenvalue weighted by Gasteiger charge is -2.17. The molecule has 0 saturated carbocycles. The van der Waals surface area contributed by atoms with Crippen molar-refractivity contribution in [3.63, 3.8) is 0 Å². The minimum atomic E-state index is 1.02. The van der Waals surface area contributed by atoms with E-state index in [2.05, 4.69) is 23.4 Å². The summed E-state index contributed by atoms with van der Waals surface area (Å²) >= 11 is 0. The van der Waals surface area contributed by atoms with Crippen molar-refractivity contribution in [3.05, 3.63) is 12.8 Å². The molecule has 2 heteroatoms. The first kappa shape index (κ1) is 8.31. The van der Waals surface area contributed by atoms with E-state index >= 15 is 0 Å². The molecule has 2 nitrogen and oxygen atoms in total. The van der Waals surface area contributed by atoms with E-state index in [0.29, 0.717) is 0 Å². The first-order valence-corrected chi connectivity index (χ1v) is 4.31. The molecule has 0 N–H and O–H groups in total. The van der Waals surface area contributed by atoms with Crippen LogP contribution in [0.15, 0.2) is 17.8 Å². The SMILES string of the molecule is C=C/N=C(\CC)N1CCCC1. The largest absolute Gasteiger partial charge is 0.360 e. The van der Waals surface area contributed by atoms with Gasteiger partial charge in [-0.05, 0) is 12.8 Å². The molecule has 1 aliphatic rings. The Balaban J connectivity index is 2.53. The van der Waals surface area contributed by atoms with E-state index in [1.54, 1.807) is 6.20 Å². The maximum Gasteiger partial charge on any atom is 0.104 e. The molecule has 0 spiro atoms. The van der Waals surface area contributed by atoms with Crippen molar-refractivity contribution in [3.8, 4) is 0 Å². The van der Waals surface area contributed by atoms with E-state index in [-0.39, 0.29) is 0 Å². The molecule has 0 aromatic heterocycles. The van der Waals surface area contributed by atoms with Gasteiger partial charge in [0.2, 0.25) is 0 Å². The summed E-state index contributed by atoms with van der Waals surface area (Å²) in [6.07, 6.45) is 5.29. The lowest BCUT2D eigenvalue weighted by atomic mass is 10.4. The summed E-state index contributed by atoms with van der Waals surface area (Å²) < 4.78 is 0. The summed E-state index contributed by atoms with van der Waals surface area (Å²) in [7, 11) is 0. The third-order valence-electron chi connectivity index (χ3n) is 2.03. The van der Waals surface area contributed by atoms with Gasteiger partial charge in [-0.15, -0.1) is 0 Å². The van der Waals surface area contributed by atoms with Gasteiger partial charge in [0.25, 0.3) is 0 Å². The lowest BCUT2D eigenvalue weighted by Crippen LogP contribution is -2.26. The van der Waals surface area contributed by atoms with Gasteiger partial charge >= 0.3 is 0 Å². The predicted octanol–water partition coefficient (Wildman–Crippen LogP) is 2.03. The number of hydrogen-bond donors (Lipinski definition) is 0. The van der Waals surface area contributed by atoms with Gasteiger partial charge in [-0.1, -0.05) is 13.5 Å². The van der Waals surface area contributed by atoms with Gasteiger partial charge in [-0.2, -0.15) is 0 Å². The van der Waals surface area contributed by atoms with Gasteiger partial charge < -0.3 is 4.90 Å². The molecule has 11 heavy (non-hydrogen) atoms. The molecule has 1 fully saturated rings. The topological polar surface area (TPSA) is 15.6 Å². The molecule has 0 aromatic carbocycles. The van der Waals surface area contributed by atoms with Gasteiger partial charge in [-0.3, -0.25) is 0 Å². The molecule has 0 amide bonds. The van der Waals surface area contributed by atoms with E-state index in [9.17, 15) is 0 Å². The van der Waals surface area contributed by atoms with E-state index in [1.165, 1.54) is 31.8 Å². The van der Waals surface area contributed by atoms with Crippen molar-refractivity contribution in [2.45, 2.75) is 26.2 Å². The summed E-state index contributed by atoms with van der Waals surface area (Å²) in [6.45, 7) is 8.11. The van der Waals surface area contributed by atoms with Crippen molar-refractivity contribution in [2.24, 2.45) is 4.99 Å². The average Bonchev–Trinajstić information content (AvgIpc) is 2.52. The molecule has 1 heterocycles. The summed E-state index contributed by atoms with van der Waals surface area (Å²) in [6, 6.07) is 0. The van der Waals surface area contributed by atoms with Gasteiger partial charge in [0, 0.05) is 25.7 Å². The second kappa shape index (κ2) is 4.16. The molecule has 0 radical (unpaired) electrons. The molecule has 0 bridgehead atoms. The highest BCUT2D eigenvalue weighted by Crippen LogP contribution is 2.09. The third kappa shape index (κ3) is 2.07. The normalized spacial score (nSPS) is 19.0. The number of nitrogens with zero attached hydrogens (tertiary/aromatic N) is 2. The van der Waals surface area contributed by atoms with Crippen LogP contribution in [0, 0.1) is 0 Å². The highest BCUT2D eigenvalue weighted by atomic mass is 15.2. The predicted molar refractivity (Wildman–Crippen MR) is 48.7 cm³/mol. The Morgan fingerprint density at radius 3 is 2.64 bits per heavy atom. The van der Waals surface area contributed by atoms with Crippen molar-refractivity contribution in [2.75, 3.05) is 13.1 Å². The quantitative estimate of drug-likeness (QED) is 0.436. The van der Waals surface area contributed by atoms with Crippen molar-refractivity contribution in [1.29, 1.82) is 0 Å². The fourth-order valence-corrected chi connectivity index (χ4v) is 1.48. The van der Waals surface area contributed by atoms with Crippen LogP contribution in [0.1, 0.15) is 26.2 Å². The van der Waals surface area contributed by atoms with Crippen LogP contribution in [-0.4, -0.2) is 23.8 Å². The number of hydrogen-bond acceptors (Lipinski definition) is 1. The Morgan fingerprint density at radius 1 is 1.55 bits per heavy atom. The Kier molecular flexibility index (Phi) is 3.14. The molecule has 0 aromatic rings. The number of rotatable bonds is 2. The van der Waals surface area contributed by atoms with Crippen LogP contribution in [0.4, 0.5) is 0 Å². The summed E-state index contributed by atoms with van der Waals surface area (Å²) in [5, 5.41) is 0. The van der Waals surface area contributed by atoms with Crippen LogP contribution < -0.4 is 0 Å². The van der Waals surface area contributed by atoms with E-state index in [4.69, 9.17) is 0 Å². The van der Waals surface area contributed by atoms with Crippen LogP contribution >= 0.6 is 0 Å².